The van der Waals surface area contributed by atoms with E-state index in [-0.39, 0.29) is 5.91 Å². The highest BCUT2D eigenvalue weighted by atomic mass is 32.1. The Morgan fingerprint density at radius 2 is 1.96 bits per heavy atom. The second-order valence-corrected chi connectivity index (χ2v) is 8.27. The van der Waals surface area contributed by atoms with Crippen LogP contribution in [-0.4, -0.2) is 23.0 Å². The molecule has 1 unspecified atom stereocenters. The Morgan fingerprint density at radius 3 is 2.79 bits per heavy atom. The Hall–Kier alpha value is -2.73. The standard InChI is InChI=1S/C22H22N2O3S/c1-13-11-18(16-8-4-5-9-17(16)23-13)24-21(25)14(2)27-22(26)20-12-15-7-3-6-10-19(15)28-20/h4-5,8-9,11-12,14H,3,6-7,10H2,1-2H3,(H,23,24,25). The molecule has 0 saturated heterocycles. The minimum Gasteiger partial charge on any atom is -0.448 e. The lowest BCUT2D eigenvalue weighted by Crippen LogP contribution is -2.30. The molecule has 0 fully saturated rings. The number of esters is 1. The first kappa shape index (κ1) is 18.6. The molecule has 144 valence electrons. The number of thiophene rings is 1. The Bertz CT molecular complexity index is 1030. The van der Waals surface area contributed by atoms with Crippen LogP contribution in [0, 0.1) is 6.92 Å². The van der Waals surface area contributed by atoms with Crippen molar-refractivity contribution in [2.45, 2.75) is 45.6 Å². The van der Waals surface area contributed by atoms with Gasteiger partial charge in [0.2, 0.25) is 0 Å². The predicted molar refractivity (Wildman–Crippen MR) is 111 cm³/mol. The average molecular weight is 394 g/mol. The first-order valence-electron chi connectivity index (χ1n) is 9.51. The van der Waals surface area contributed by atoms with Gasteiger partial charge in [0.25, 0.3) is 5.91 Å². The Labute approximate surface area is 167 Å². The zero-order valence-electron chi connectivity index (χ0n) is 16.0. The van der Waals surface area contributed by atoms with Crippen LogP contribution in [0.2, 0.25) is 0 Å². The van der Waals surface area contributed by atoms with Crippen molar-refractivity contribution in [3.8, 4) is 0 Å². The molecule has 1 atom stereocenters. The second-order valence-electron chi connectivity index (χ2n) is 7.13. The molecular formula is C22H22N2O3S. The highest BCUT2D eigenvalue weighted by Crippen LogP contribution is 2.30. The van der Waals surface area contributed by atoms with E-state index in [1.165, 1.54) is 28.2 Å². The summed E-state index contributed by atoms with van der Waals surface area (Å²) in [7, 11) is 0. The summed E-state index contributed by atoms with van der Waals surface area (Å²) >= 11 is 1.49. The quantitative estimate of drug-likeness (QED) is 0.653. The molecule has 1 amide bonds. The van der Waals surface area contributed by atoms with E-state index >= 15 is 0 Å². The van der Waals surface area contributed by atoms with Crippen LogP contribution >= 0.6 is 11.3 Å². The van der Waals surface area contributed by atoms with Gasteiger partial charge in [-0.05, 0) is 63.3 Å². The van der Waals surface area contributed by atoms with Crippen LogP contribution in [0.1, 0.15) is 45.6 Å². The van der Waals surface area contributed by atoms with Crippen molar-refractivity contribution in [2.24, 2.45) is 0 Å². The number of amides is 1. The Kier molecular flexibility index (Phi) is 5.13. The van der Waals surface area contributed by atoms with Gasteiger partial charge in [-0.2, -0.15) is 0 Å². The molecule has 4 rings (SSSR count). The molecule has 0 radical (unpaired) electrons. The van der Waals surface area contributed by atoms with Crippen molar-refractivity contribution in [3.63, 3.8) is 0 Å². The number of hydrogen-bond acceptors (Lipinski definition) is 5. The molecule has 6 heteroatoms. The Morgan fingerprint density at radius 1 is 1.18 bits per heavy atom. The molecular weight excluding hydrogens is 372 g/mol. The SMILES string of the molecule is Cc1cc(NC(=O)C(C)OC(=O)c2cc3c(s2)CCCC3)c2ccccc2n1. The van der Waals surface area contributed by atoms with E-state index in [9.17, 15) is 9.59 Å². The van der Waals surface area contributed by atoms with E-state index in [1.807, 2.05) is 43.3 Å². The second kappa shape index (κ2) is 7.72. The molecule has 2 aromatic heterocycles. The van der Waals surface area contributed by atoms with E-state index in [1.54, 1.807) is 6.92 Å². The van der Waals surface area contributed by atoms with Gasteiger partial charge in [-0.3, -0.25) is 9.78 Å². The third-order valence-corrected chi connectivity index (χ3v) is 6.17. The summed E-state index contributed by atoms with van der Waals surface area (Å²) in [5.41, 5.74) is 3.54. The number of aromatic nitrogens is 1. The summed E-state index contributed by atoms with van der Waals surface area (Å²) in [4.78, 5) is 31.4. The molecule has 0 saturated carbocycles. The summed E-state index contributed by atoms with van der Waals surface area (Å²) in [5, 5.41) is 3.73. The number of fused-ring (bicyclic) bond motifs is 2. The summed E-state index contributed by atoms with van der Waals surface area (Å²) in [6, 6.07) is 11.4. The minimum absolute atomic E-state index is 0.356. The lowest BCUT2D eigenvalue weighted by atomic mass is 9.99. The highest BCUT2D eigenvalue weighted by Gasteiger charge is 2.23. The van der Waals surface area contributed by atoms with Crippen molar-refractivity contribution >= 4 is 39.8 Å². The number of pyridine rings is 1. The van der Waals surface area contributed by atoms with Gasteiger partial charge in [0.15, 0.2) is 6.10 Å². The molecule has 28 heavy (non-hydrogen) atoms. The maximum absolute atomic E-state index is 12.6. The van der Waals surface area contributed by atoms with Crippen molar-refractivity contribution in [2.75, 3.05) is 5.32 Å². The van der Waals surface area contributed by atoms with Crippen LogP contribution in [0.25, 0.3) is 10.9 Å². The van der Waals surface area contributed by atoms with E-state index in [0.29, 0.717) is 10.6 Å². The topological polar surface area (TPSA) is 68.3 Å². The zero-order valence-corrected chi connectivity index (χ0v) is 16.8. The number of anilines is 1. The maximum atomic E-state index is 12.6. The molecule has 0 spiro atoms. The fourth-order valence-electron chi connectivity index (χ4n) is 3.51. The van der Waals surface area contributed by atoms with Crippen LogP contribution in [-0.2, 0) is 22.4 Å². The molecule has 1 aromatic carbocycles. The van der Waals surface area contributed by atoms with Crippen molar-refractivity contribution in [1.29, 1.82) is 0 Å². The fourth-order valence-corrected chi connectivity index (χ4v) is 4.65. The molecule has 2 heterocycles. The molecule has 1 N–H and O–H groups in total. The zero-order chi connectivity index (χ0) is 19.7. The number of benzene rings is 1. The lowest BCUT2D eigenvalue weighted by Gasteiger charge is -2.14. The van der Waals surface area contributed by atoms with Gasteiger partial charge in [0.1, 0.15) is 4.88 Å². The molecule has 0 aliphatic heterocycles. The first-order chi connectivity index (χ1) is 13.5. The first-order valence-corrected chi connectivity index (χ1v) is 10.3. The molecule has 3 aromatic rings. The third kappa shape index (κ3) is 3.78. The van der Waals surface area contributed by atoms with E-state index in [0.717, 1.165) is 35.9 Å². The van der Waals surface area contributed by atoms with Gasteiger partial charge >= 0.3 is 5.97 Å². The molecule has 1 aliphatic carbocycles. The number of hydrogen-bond donors (Lipinski definition) is 1. The van der Waals surface area contributed by atoms with E-state index in [2.05, 4.69) is 10.3 Å². The summed E-state index contributed by atoms with van der Waals surface area (Å²) < 4.78 is 5.43. The molecule has 0 bridgehead atoms. The number of carbonyl (C=O) groups is 2. The average Bonchev–Trinajstić information content (AvgIpc) is 3.12. The largest absolute Gasteiger partial charge is 0.448 e. The lowest BCUT2D eigenvalue weighted by molar-refractivity contribution is -0.123. The monoisotopic (exact) mass is 394 g/mol. The Balaban J connectivity index is 1.47. The number of para-hydroxylation sites is 1. The third-order valence-electron chi connectivity index (χ3n) is 4.95. The van der Waals surface area contributed by atoms with Crippen LogP contribution in [0.3, 0.4) is 0 Å². The predicted octanol–water partition coefficient (Wildman–Crippen LogP) is 4.67. The van der Waals surface area contributed by atoms with Crippen LogP contribution in [0.4, 0.5) is 5.69 Å². The normalized spacial score (nSPS) is 14.4. The van der Waals surface area contributed by atoms with Gasteiger partial charge in [-0.1, -0.05) is 18.2 Å². The molecule has 5 nitrogen and oxygen atoms in total. The van der Waals surface area contributed by atoms with E-state index in [4.69, 9.17) is 4.74 Å². The number of aryl methyl sites for hydroxylation is 3. The van der Waals surface area contributed by atoms with Gasteiger partial charge in [-0.25, -0.2) is 4.79 Å². The highest BCUT2D eigenvalue weighted by molar-refractivity contribution is 7.14. The van der Waals surface area contributed by atoms with Crippen molar-refractivity contribution in [1.82, 2.24) is 4.98 Å². The van der Waals surface area contributed by atoms with Gasteiger partial charge in [0, 0.05) is 16.0 Å². The minimum atomic E-state index is -0.890. The van der Waals surface area contributed by atoms with Crippen molar-refractivity contribution < 1.29 is 14.3 Å². The van der Waals surface area contributed by atoms with Crippen LogP contribution < -0.4 is 5.32 Å². The van der Waals surface area contributed by atoms with Crippen LogP contribution in [0.5, 0.6) is 0 Å². The summed E-state index contributed by atoms with van der Waals surface area (Å²) in [6.07, 6.45) is 3.48. The smallest absolute Gasteiger partial charge is 0.349 e. The number of nitrogens with one attached hydrogen (secondary N) is 1. The van der Waals surface area contributed by atoms with Gasteiger partial charge < -0.3 is 10.1 Å². The summed E-state index contributed by atoms with van der Waals surface area (Å²) in [6.45, 7) is 3.47. The number of carbonyl (C=O) groups excluding carboxylic acids is 2. The van der Waals surface area contributed by atoms with Crippen LogP contribution in [0.15, 0.2) is 36.4 Å². The number of nitrogens with zero attached hydrogens (tertiary/aromatic N) is 1. The van der Waals surface area contributed by atoms with Crippen molar-refractivity contribution in [3.05, 3.63) is 57.4 Å². The number of ether oxygens (including phenoxy) is 1. The van der Waals surface area contributed by atoms with Gasteiger partial charge in [0.05, 0.1) is 11.2 Å². The van der Waals surface area contributed by atoms with Gasteiger partial charge in [-0.15, -0.1) is 11.3 Å². The molecule has 1 aliphatic rings. The fraction of sp³-hybridized carbons (Fsp3) is 0.318. The van der Waals surface area contributed by atoms with E-state index < -0.39 is 12.1 Å². The summed E-state index contributed by atoms with van der Waals surface area (Å²) in [5.74, 6) is -0.789. The number of rotatable bonds is 4. The maximum Gasteiger partial charge on any atom is 0.349 e.